The van der Waals surface area contributed by atoms with E-state index in [4.69, 9.17) is 4.74 Å². The molecule has 0 radical (unpaired) electrons. The molecule has 0 spiro atoms. The Labute approximate surface area is 148 Å². The molecule has 0 atom stereocenters. The SMILES string of the molecule is O=C(Nc1ccc(C(F)(F)F)cc1)Nc1cccc(N2CCOCC2)c1. The highest BCUT2D eigenvalue weighted by Gasteiger charge is 2.29. The predicted molar refractivity (Wildman–Crippen MR) is 93.6 cm³/mol. The number of urea groups is 1. The summed E-state index contributed by atoms with van der Waals surface area (Å²) in [5.74, 6) is 0. The van der Waals surface area contributed by atoms with E-state index in [1.807, 2.05) is 18.2 Å². The number of carbonyl (C=O) groups is 1. The molecule has 2 amide bonds. The molecule has 2 aromatic carbocycles. The summed E-state index contributed by atoms with van der Waals surface area (Å²) in [6.45, 7) is 2.88. The fraction of sp³-hybridized carbons (Fsp3) is 0.278. The first-order valence-corrected chi connectivity index (χ1v) is 8.10. The maximum atomic E-state index is 12.5. The van der Waals surface area contributed by atoms with Crippen molar-refractivity contribution in [3.63, 3.8) is 0 Å². The van der Waals surface area contributed by atoms with E-state index in [-0.39, 0.29) is 5.69 Å². The van der Waals surface area contributed by atoms with Gasteiger partial charge in [-0.3, -0.25) is 0 Å². The highest BCUT2D eigenvalue weighted by Crippen LogP contribution is 2.29. The highest BCUT2D eigenvalue weighted by molar-refractivity contribution is 6.00. The molecular weight excluding hydrogens is 347 g/mol. The number of halogens is 3. The van der Waals surface area contributed by atoms with Crippen LogP contribution in [-0.4, -0.2) is 32.3 Å². The van der Waals surface area contributed by atoms with Gasteiger partial charge in [0.25, 0.3) is 0 Å². The summed E-state index contributed by atoms with van der Waals surface area (Å²) in [6, 6.07) is 11.1. The van der Waals surface area contributed by atoms with Gasteiger partial charge in [0.05, 0.1) is 18.8 Å². The molecule has 1 aliphatic heterocycles. The van der Waals surface area contributed by atoms with Crippen LogP contribution in [0.5, 0.6) is 0 Å². The molecule has 0 unspecified atom stereocenters. The number of rotatable bonds is 3. The maximum Gasteiger partial charge on any atom is 0.416 e. The molecule has 0 aromatic heterocycles. The van der Waals surface area contributed by atoms with E-state index in [2.05, 4.69) is 15.5 Å². The summed E-state index contributed by atoms with van der Waals surface area (Å²) < 4.78 is 43.0. The Balaban J connectivity index is 1.61. The number of anilines is 3. The molecule has 138 valence electrons. The lowest BCUT2D eigenvalue weighted by molar-refractivity contribution is -0.137. The molecule has 1 saturated heterocycles. The van der Waals surface area contributed by atoms with Crippen molar-refractivity contribution in [3.8, 4) is 0 Å². The number of nitrogens with zero attached hydrogens (tertiary/aromatic N) is 1. The van der Waals surface area contributed by atoms with Crippen molar-refractivity contribution >= 4 is 23.1 Å². The van der Waals surface area contributed by atoms with E-state index in [9.17, 15) is 18.0 Å². The van der Waals surface area contributed by atoms with Gasteiger partial charge in [-0.25, -0.2) is 4.79 Å². The summed E-state index contributed by atoms with van der Waals surface area (Å²) in [5, 5.41) is 5.20. The minimum Gasteiger partial charge on any atom is -0.378 e. The van der Waals surface area contributed by atoms with Gasteiger partial charge in [0.15, 0.2) is 0 Å². The van der Waals surface area contributed by atoms with E-state index in [0.717, 1.165) is 30.9 Å². The fourth-order valence-electron chi connectivity index (χ4n) is 2.64. The molecular formula is C18H18F3N3O2. The molecule has 0 saturated carbocycles. The Hall–Kier alpha value is -2.74. The fourth-order valence-corrected chi connectivity index (χ4v) is 2.64. The van der Waals surface area contributed by atoms with Crippen LogP contribution in [0.15, 0.2) is 48.5 Å². The molecule has 8 heteroatoms. The number of benzene rings is 2. The van der Waals surface area contributed by atoms with Crippen LogP contribution in [0, 0.1) is 0 Å². The Kier molecular flexibility index (Phi) is 5.32. The van der Waals surface area contributed by atoms with Gasteiger partial charge in [-0.2, -0.15) is 13.2 Å². The van der Waals surface area contributed by atoms with Crippen LogP contribution in [-0.2, 0) is 10.9 Å². The van der Waals surface area contributed by atoms with Gasteiger partial charge in [0.2, 0.25) is 0 Å². The Morgan fingerprint density at radius 2 is 1.62 bits per heavy atom. The van der Waals surface area contributed by atoms with Crippen molar-refractivity contribution in [2.45, 2.75) is 6.18 Å². The summed E-state index contributed by atoms with van der Waals surface area (Å²) >= 11 is 0. The van der Waals surface area contributed by atoms with Gasteiger partial charge in [-0.15, -0.1) is 0 Å². The van der Waals surface area contributed by atoms with Gasteiger partial charge in [0.1, 0.15) is 0 Å². The average molecular weight is 365 g/mol. The van der Waals surface area contributed by atoms with Crippen LogP contribution >= 0.6 is 0 Å². The monoisotopic (exact) mass is 365 g/mol. The van der Waals surface area contributed by atoms with Gasteiger partial charge in [-0.05, 0) is 42.5 Å². The first-order chi connectivity index (χ1) is 12.4. The maximum absolute atomic E-state index is 12.5. The van der Waals surface area contributed by atoms with Crippen molar-refractivity contribution in [2.75, 3.05) is 41.8 Å². The Morgan fingerprint density at radius 3 is 2.27 bits per heavy atom. The molecule has 1 fully saturated rings. The summed E-state index contributed by atoms with van der Waals surface area (Å²) in [6.07, 6.45) is -4.40. The summed E-state index contributed by atoms with van der Waals surface area (Å²) in [7, 11) is 0. The first kappa shape index (κ1) is 18.1. The summed E-state index contributed by atoms with van der Waals surface area (Å²) in [5.41, 5.74) is 1.08. The van der Waals surface area contributed by atoms with Crippen LogP contribution in [0.25, 0.3) is 0 Å². The molecule has 1 heterocycles. The third-order valence-corrected chi connectivity index (χ3v) is 3.95. The summed E-state index contributed by atoms with van der Waals surface area (Å²) in [4.78, 5) is 14.2. The van der Waals surface area contributed by atoms with Crippen molar-refractivity contribution in [3.05, 3.63) is 54.1 Å². The first-order valence-electron chi connectivity index (χ1n) is 8.10. The lowest BCUT2D eigenvalue weighted by atomic mass is 10.2. The predicted octanol–water partition coefficient (Wildman–Crippen LogP) is 4.19. The van der Waals surface area contributed by atoms with Crippen LogP contribution in [0.2, 0.25) is 0 Å². The van der Waals surface area contributed by atoms with E-state index in [1.54, 1.807) is 6.07 Å². The molecule has 2 N–H and O–H groups in total. The largest absolute Gasteiger partial charge is 0.416 e. The van der Waals surface area contributed by atoms with E-state index in [0.29, 0.717) is 18.9 Å². The molecule has 0 bridgehead atoms. The lowest BCUT2D eigenvalue weighted by Gasteiger charge is -2.29. The van der Waals surface area contributed by atoms with Crippen LogP contribution in [0.4, 0.5) is 35.0 Å². The van der Waals surface area contributed by atoms with E-state index >= 15 is 0 Å². The zero-order valence-corrected chi connectivity index (χ0v) is 13.8. The molecule has 0 aliphatic carbocycles. The van der Waals surface area contributed by atoms with Crippen molar-refractivity contribution < 1.29 is 22.7 Å². The van der Waals surface area contributed by atoms with E-state index < -0.39 is 17.8 Å². The van der Waals surface area contributed by atoms with Gasteiger partial charge in [0, 0.05) is 30.2 Å². The van der Waals surface area contributed by atoms with Gasteiger partial charge in [-0.1, -0.05) is 6.07 Å². The van der Waals surface area contributed by atoms with Crippen LogP contribution in [0.3, 0.4) is 0 Å². The third-order valence-electron chi connectivity index (χ3n) is 3.95. The van der Waals surface area contributed by atoms with Crippen molar-refractivity contribution in [1.82, 2.24) is 0 Å². The Bertz CT molecular complexity index is 757. The molecule has 5 nitrogen and oxygen atoms in total. The Morgan fingerprint density at radius 1 is 0.962 bits per heavy atom. The number of amides is 2. The number of morpholine rings is 1. The molecule has 3 rings (SSSR count). The molecule has 26 heavy (non-hydrogen) atoms. The zero-order chi connectivity index (χ0) is 18.6. The second-order valence-electron chi connectivity index (χ2n) is 5.80. The highest BCUT2D eigenvalue weighted by atomic mass is 19.4. The quantitative estimate of drug-likeness (QED) is 0.858. The van der Waals surface area contributed by atoms with Gasteiger partial charge >= 0.3 is 12.2 Å². The number of hydrogen-bond donors (Lipinski definition) is 2. The molecule has 2 aromatic rings. The van der Waals surface area contributed by atoms with Gasteiger partial charge < -0.3 is 20.3 Å². The van der Waals surface area contributed by atoms with Crippen LogP contribution < -0.4 is 15.5 Å². The normalized spacial score (nSPS) is 14.8. The zero-order valence-electron chi connectivity index (χ0n) is 13.8. The average Bonchev–Trinajstić information content (AvgIpc) is 2.62. The smallest absolute Gasteiger partial charge is 0.378 e. The standard InChI is InChI=1S/C18H18F3N3O2/c19-18(20,21)13-4-6-14(7-5-13)22-17(25)23-15-2-1-3-16(12-15)24-8-10-26-11-9-24/h1-7,12H,8-11H2,(H2,22,23,25). The second-order valence-corrected chi connectivity index (χ2v) is 5.80. The minimum atomic E-state index is -4.40. The van der Waals surface area contributed by atoms with Crippen LogP contribution in [0.1, 0.15) is 5.56 Å². The topological polar surface area (TPSA) is 53.6 Å². The number of alkyl halides is 3. The number of ether oxygens (including phenoxy) is 1. The minimum absolute atomic E-state index is 0.278. The lowest BCUT2D eigenvalue weighted by Crippen LogP contribution is -2.36. The van der Waals surface area contributed by atoms with E-state index in [1.165, 1.54) is 12.1 Å². The number of carbonyl (C=O) groups excluding carboxylic acids is 1. The second kappa shape index (κ2) is 7.65. The van der Waals surface area contributed by atoms with Crippen molar-refractivity contribution in [2.24, 2.45) is 0 Å². The van der Waals surface area contributed by atoms with Crippen molar-refractivity contribution in [1.29, 1.82) is 0 Å². The number of hydrogen-bond acceptors (Lipinski definition) is 3. The third kappa shape index (κ3) is 4.66. The number of nitrogens with one attached hydrogen (secondary N) is 2. The molecule has 1 aliphatic rings.